The predicted molar refractivity (Wildman–Crippen MR) is 75.4 cm³/mol. The first kappa shape index (κ1) is 11.1. The smallest absolute Gasteiger partial charge is 0.0705 e. The summed E-state index contributed by atoms with van der Waals surface area (Å²) in [6.45, 7) is 0. The van der Waals surface area contributed by atoms with Crippen molar-refractivity contribution in [3.63, 3.8) is 0 Å². The van der Waals surface area contributed by atoms with Gasteiger partial charge in [0.25, 0.3) is 0 Å². The normalized spacial score (nSPS) is 10.2. The molecule has 3 heterocycles. The molecule has 0 radical (unpaired) electrons. The van der Waals surface area contributed by atoms with E-state index >= 15 is 0 Å². The highest BCUT2D eigenvalue weighted by Gasteiger charge is 2.02. The molecule has 0 spiro atoms. The molecular weight excluding hydrogens is 239 g/mol. The summed E-state index contributed by atoms with van der Waals surface area (Å²) in [6, 6.07) is 14.1. The molecule has 0 N–H and O–H groups in total. The van der Waals surface area contributed by atoms with Crippen LogP contribution in [-0.2, 0) is 0 Å². The Morgan fingerprint density at radius 3 is 1.72 bits per heavy atom. The van der Waals surface area contributed by atoms with Crippen molar-refractivity contribution < 1.29 is 0 Å². The summed E-state index contributed by atoms with van der Waals surface area (Å²) in [5, 5.41) is 0. The molecule has 0 aliphatic carbocycles. The lowest BCUT2D eigenvalue weighted by atomic mass is 10.1. The van der Waals surface area contributed by atoms with Gasteiger partial charge in [0, 0.05) is 23.5 Å². The van der Waals surface area contributed by atoms with Crippen LogP contribution in [-0.4, -0.2) is 9.97 Å². The first-order valence-electron chi connectivity index (χ1n) is 5.71. The Balaban J connectivity index is 2.05. The zero-order chi connectivity index (χ0) is 12.2. The first-order chi connectivity index (χ1) is 8.93. The van der Waals surface area contributed by atoms with E-state index in [2.05, 4.69) is 27.6 Å². The number of nitrogens with zero attached hydrogens (tertiary/aromatic N) is 2. The average Bonchev–Trinajstić information content (AvgIpc) is 2.49. The second kappa shape index (κ2) is 5.07. The molecular formula is C15H11N2P. The highest BCUT2D eigenvalue weighted by molar-refractivity contribution is 7.28. The van der Waals surface area contributed by atoms with Gasteiger partial charge in [-0.3, -0.25) is 9.97 Å². The lowest BCUT2D eigenvalue weighted by Crippen LogP contribution is -1.83. The van der Waals surface area contributed by atoms with Gasteiger partial charge in [-0.05, 0) is 41.9 Å². The van der Waals surface area contributed by atoms with Crippen molar-refractivity contribution in [3.8, 4) is 22.5 Å². The van der Waals surface area contributed by atoms with E-state index in [1.807, 2.05) is 48.8 Å². The minimum atomic E-state index is 1.01. The van der Waals surface area contributed by atoms with Gasteiger partial charge in [-0.2, -0.15) is 0 Å². The molecule has 0 saturated carbocycles. The van der Waals surface area contributed by atoms with E-state index in [1.165, 1.54) is 8.19 Å². The van der Waals surface area contributed by atoms with E-state index < -0.39 is 0 Å². The number of aromatic nitrogens is 2. The molecule has 0 fully saturated rings. The number of pyridine rings is 2. The zero-order valence-corrected chi connectivity index (χ0v) is 10.6. The second-order valence-electron chi connectivity index (χ2n) is 3.89. The largest absolute Gasteiger partial charge is 0.256 e. The SMILES string of the molecule is c1ccc(-c2cpcc(-c3ccccn3)c2)nc1. The number of hydrogen-bond donors (Lipinski definition) is 0. The Bertz CT molecular complexity index is 584. The fraction of sp³-hybridized carbons (Fsp3) is 0. The van der Waals surface area contributed by atoms with Crippen LogP contribution < -0.4 is 0 Å². The Kier molecular flexibility index (Phi) is 3.12. The Hall–Kier alpha value is -2.05. The van der Waals surface area contributed by atoms with Crippen LogP contribution in [0.1, 0.15) is 0 Å². The Morgan fingerprint density at radius 2 is 1.28 bits per heavy atom. The third kappa shape index (κ3) is 2.29. The predicted octanol–water partition coefficient (Wildman–Crippen LogP) is 4.39. The van der Waals surface area contributed by atoms with E-state index in [1.54, 1.807) is 0 Å². The molecule has 3 rings (SSSR count). The molecule has 0 amide bonds. The van der Waals surface area contributed by atoms with E-state index in [0.29, 0.717) is 0 Å². The van der Waals surface area contributed by atoms with E-state index in [4.69, 9.17) is 0 Å². The van der Waals surface area contributed by atoms with Gasteiger partial charge >= 0.3 is 0 Å². The molecule has 3 aromatic heterocycles. The lowest BCUT2D eigenvalue weighted by molar-refractivity contribution is 1.32. The highest BCUT2D eigenvalue weighted by atomic mass is 31.0. The van der Waals surface area contributed by atoms with E-state index in [0.717, 1.165) is 22.5 Å². The van der Waals surface area contributed by atoms with Gasteiger partial charge in [0.15, 0.2) is 0 Å². The van der Waals surface area contributed by atoms with Crippen molar-refractivity contribution in [1.82, 2.24) is 9.97 Å². The number of rotatable bonds is 2. The van der Waals surface area contributed by atoms with Gasteiger partial charge < -0.3 is 0 Å². The molecule has 3 aromatic rings. The maximum Gasteiger partial charge on any atom is 0.0705 e. The van der Waals surface area contributed by atoms with Crippen molar-refractivity contribution in [1.29, 1.82) is 0 Å². The van der Waals surface area contributed by atoms with Gasteiger partial charge in [0.05, 0.1) is 11.4 Å². The minimum absolute atomic E-state index is 1.01. The quantitative estimate of drug-likeness (QED) is 0.674. The molecule has 3 heteroatoms. The van der Waals surface area contributed by atoms with Crippen molar-refractivity contribution in [2.45, 2.75) is 0 Å². The van der Waals surface area contributed by atoms with Gasteiger partial charge in [0.2, 0.25) is 0 Å². The summed E-state index contributed by atoms with van der Waals surface area (Å²) < 4.78 is 0. The monoisotopic (exact) mass is 250 g/mol. The Labute approximate surface area is 107 Å². The van der Waals surface area contributed by atoms with E-state index in [9.17, 15) is 0 Å². The lowest BCUT2D eigenvalue weighted by Gasteiger charge is -2.03. The van der Waals surface area contributed by atoms with Crippen LogP contribution in [0.15, 0.2) is 66.5 Å². The molecule has 0 aliphatic rings. The van der Waals surface area contributed by atoms with Crippen molar-refractivity contribution in [2.24, 2.45) is 0 Å². The zero-order valence-electron chi connectivity index (χ0n) is 9.69. The summed E-state index contributed by atoms with van der Waals surface area (Å²) >= 11 is 0. The molecule has 0 saturated heterocycles. The molecule has 0 bridgehead atoms. The molecule has 2 nitrogen and oxygen atoms in total. The molecule has 18 heavy (non-hydrogen) atoms. The van der Waals surface area contributed by atoms with Gasteiger partial charge in [-0.25, -0.2) is 0 Å². The first-order valence-corrected chi connectivity index (χ1v) is 6.74. The van der Waals surface area contributed by atoms with Crippen molar-refractivity contribution >= 4 is 8.19 Å². The standard InChI is InChI=1S/C15H11N2P/c1-3-7-16-14(5-1)12-9-13(11-18-10-12)15-6-2-4-8-17-15/h1-11H. The summed E-state index contributed by atoms with van der Waals surface area (Å²) in [6.07, 6.45) is 3.64. The van der Waals surface area contributed by atoms with Crippen LogP contribution in [0.4, 0.5) is 0 Å². The molecule has 86 valence electrons. The van der Waals surface area contributed by atoms with Crippen LogP contribution in [0.5, 0.6) is 0 Å². The van der Waals surface area contributed by atoms with E-state index in [-0.39, 0.29) is 0 Å². The van der Waals surface area contributed by atoms with Crippen LogP contribution in [0.3, 0.4) is 0 Å². The summed E-state index contributed by atoms with van der Waals surface area (Å²) in [5.41, 5.74) is 4.32. The van der Waals surface area contributed by atoms with Crippen LogP contribution in [0, 0.1) is 0 Å². The molecule has 0 atom stereocenters. The summed E-state index contributed by atoms with van der Waals surface area (Å²) in [5.74, 6) is 4.32. The third-order valence-corrected chi connectivity index (χ3v) is 3.51. The van der Waals surface area contributed by atoms with Crippen LogP contribution in [0.2, 0.25) is 0 Å². The molecule has 0 aromatic carbocycles. The van der Waals surface area contributed by atoms with Crippen molar-refractivity contribution in [2.75, 3.05) is 0 Å². The van der Waals surface area contributed by atoms with Gasteiger partial charge in [-0.15, -0.1) is 0 Å². The van der Waals surface area contributed by atoms with Gasteiger partial charge in [0.1, 0.15) is 0 Å². The fourth-order valence-electron chi connectivity index (χ4n) is 1.79. The summed E-state index contributed by atoms with van der Waals surface area (Å²) in [4.78, 5) is 8.76. The maximum atomic E-state index is 4.38. The van der Waals surface area contributed by atoms with Gasteiger partial charge in [-0.1, -0.05) is 20.3 Å². The van der Waals surface area contributed by atoms with Crippen LogP contribution in [0.25, 0.3) is 22.5 Å². The van der Waals surface area contributed by atoms with Crippen LogP contribution >= 0.6 is 8.19 Å². The minimum Gasteiger partial charge on any atom is -0.256 e. The third-order valence-electron chi connectivity index (χ3n) is 2.66. The molecule has 0 unspecified atom stereocenters. The van der Waals surface area contributed by atoms with Crippen molar-refractivity contribution in [3.05, 3.63) is 66.5 Å². The summed E-state index contributed by atoms with van der Waals surface area (Å²) in [7, 11) is 1.17. The molecule has 0 aliphatic heterocycles. The second-order valence-corrected chi connectivity index (χ2v) is 4.71. The Morgan fingerprint density at radius 1 is 0.722 bits per heavy atom. The topological polar surface area (TPSA) is 25.8 Å². The highest BCUT2D eigenvalue weighted by Crippen LogP contribution is 2.27. The number of hydrogen-bond acceptors (Lipinski definition) is 2. The average molecular weight is 250 g/mol. The fourth-order valence-corrected chi connectivity index (χ4v) is 2.60. The maximum absolute atomic E-state index is 4.38.